The number of rotatable bonds is 6. The molecule has 1 unspecified atom stereocenters. The Labute approximate surface area is 160 Å². The Kier molecular flexibility index (Phi) is 6.55. The van der Waals surface area contributed by atoms with Crippen molar-refractivity contribution in [2.24, 2.45) is 5.92 Å². The zero-order chi connectivity index (χ0) is 19.2. The van der Waals surface area contributed by atoms with Crippen molar-refractivity contribution in [3.8, 4) is 11.5 Å². The summed E-state index contributed by atoms with van der Waals surface area (Å²) in [5.74, 6) is 1.11. The molecule has 0 bridgehead atoms. The monoisotopic (exact) mass is 376 g/mol. The molecule has 0 radical (unpaired) electrons. The Morgan fingerprint density at radius 1 is 1.15 bits per heavy atom. The minimum absolute atomic E-state index is 0.0409. The number of ether oxygens (including phenoxy) is 3. The number of benzene rings is 1. The van der Waals surface area contributed by atoms with Gasteiger partial charge in [-0.25, -0.2) is 0 Å². The number of amides is 2. The minimum Gasteiger partial charge on any atom is -0.493 e. The molecule has 0 aliphatic carbocycles. The molecule has 2 aliphatic heterocycles. The SMILES string of the molecule is COc1ccc(C(=O)N2CCC(C(=O)NCC3CCCO3)CC2)cc1OC. The van der Waals surface area contributed by atoms with Crippen LogP contribution in [0.25, 0.3) is 0 Å². The van der Waals surface area contributed by atoms with Gasteiger partial charge in [-0.2, -0.15) is 0 Å². The Balaban J connectivity index is 1.50. The first-order chi connectivity index (χ1) is 13.1. The van der Waals surface area contributed by atoms with Crippen molar-refractivity contribution in [1.82, 2.24) is 10.2 Å². The van der Waals surface area contributed by atoms with E-state index in [2.05, 4.69) is 5.32 Å². The fourth-order valence-corrected chi connectivity index (χ4v) is 3.66. The Morgan fingerprint density at radius 2 is 1.89 bits per heavy atom. The Morgan fingerprint density at radius 3 is 2.52 bits per heavy atom. The molecule has 2 amide bonds. The third-order valence-corrected chi connectivity index (χ3v) is 5.31. The van der Waals surface area contributed by atoms with Crippen LogP contribution >= 0.6 is 0 Å². The van der Waals surface area contributed by atoms with Gasteiger partial charge in [0.2, 0.25) is 5.91 Å². The van der Waals surface area contributed by atoms with Crippen molar-refractivity contribution in [2.45, 2.75) is 31.8 Å². The van der Waals surface area contributed by atoms with Crippen molar-refractivity contribution in [2.75, 3.05) is 40.5 Å². The molecule has 27 heavy (non-hydrogen) atoms. The molecule has 2 fully saturated rings. The fourth-order valence-electron chi connectivity index (χ4n) is 3.66. The van der Waals surface area contributed by atoms with E-state index >= 15 is 0 Å². The lowest BCUT2D eigenvalue weighted by Gasteiger charge is -2.31. The largest absolute Gasteiger partial charge is 0.493 e. The smallest absolute Gasteiger partial charge is 0.253 e. The number of likely N-dealkylation sites (tertiary alicyclic amines) is 1. The number of carbonyl (C=O) groups is 2. The standard InChI is InChI=1S/C20H28N2O5/c1-25-17-6-5-15(12-18(17)26-2)20(24)22-9-7-14(8-10-22)19(23)21-13-16-4-3-11-27-16/h5-6,12,14,16H,3-4,7-11,13H2,1-2H3,(H,21,23). The summed E-state index contributed by atoms with van der Waals surface area (Å²) < 4.78 is 16.0. The summed E-state index contributed by atoms with van der Waals surface area (Å²) in [6.45, 7) is 2.52. The maximum atomic E-state index is 12.8. The first-order valence-corrected chi connectivity index (χ1v) is 9.53. The van der Waals surface area contributed by atoms with E-state index in [1.54, 1.807) is 37.3 Å². The highest BCUT2D eigenvalue weighted by Crippen LogP contribution is 2.29. The maximum absolute atomic E-state index is 12.8. The van der Waals surface area contributed by atoms with Gasteiger partial charge in [-0.3, -0.25) is 9.59 Å². The summed E-state index contributed by atoms with van der Waals surface area (Å²) in [5.41, 5.74) is 0.564. The molecular formula is C20H28N2O5. The van der Waals surface area contributed by atoms with Crippen LogP contribution < -0.4 is 14.8 Å². The molecule has 1 atom stereocenters. The Hall–Kier alpha value is -2.28. The van der Waals surface area contributed by atoms with E-state index in [1.165, 1.54) is 0 Å². The molecule has 0 spiro atoms. The second-order valence-corrected chi connectivity index (χ2v) is 7.02. The third kappa shape index (κ3) is 4.71. The summed E-state index contributed by atoms with van der Waals surface area (Å²) in [4.78, 5) is 26.9. The molecule has 1 N–H and O–H groups in total. The molecule has 2 saturated heterocycles. The number of methoxy groups -OCH3 is 2. The summed E-state index contributed by atoms with van der Waals surface area (Å²) in [5, 5.41) is 3.00. The molecule has 1 aromatic rings. The number of nitrogens with zero attached hydrogens (tertiary/aromatic N) is 1. The van der Waals surface area contributed by atoms with Gasteiger partial charge in [0.1, 0.15) is 0 Å². The van der Waals surface area contributed by atoms with Crippen LogP contribution in [-0.2, 0) is 9.53 Å². The summed E-state index contributed by atoms with van der Waals surface area (Å²) in [7, 11) is 3.11. The van der Waals surface area contributed by atoms with Gasteiger partial charge >= 0.3 is 0 Å². The van der Waals surface area contributed by atoms with E-state index < -0.39 is 0 Å². The molecule has 7 nitrogen and oxygen atoms in total. The van der Waals surface area contributed by atoms with Crippen molar-refractivity contribution in [3.63, 3.8) is 0 Å². The second kappa shape index (κ2) is 9.08. The molecule has 3 rings (SSSR count). The first-order valence-electron chi connectivity index (χ1n) is 9.53. The van der Waals surface area contributed by atoms with E-state index in [9.17, 15) is 9.59 Å². The lowest BCUT2D eigenvalue weighted by molar-refractivity contribution is -0.126. The summed E-state index contributed by atoms with van der Waals surface area (Å²) in [6, 6.07) is 5.17. The van der Waals surface area contributed by atoms with Crippen LogP contribution in [-0.4, -0.2) is 63.3 Å². The number of piperidine rings is 1. The quantitative estimate of drug-likeness (QED) is 0.820. The van der Waals surface area contributed by atoms with Crippen LogP contribution in [0.2, 0.25) is 0 Å². The fraction of sp³-hybridized carbons (Fsp3) is 0.600. The lowest BCUT2D eigenvalue weighted by Crippen LogP contribution is -2.44. The van der Waals surface area contributed by atoms with Gasteiger partial charge in [0.25, 0.3) is 5.91 Å². The van der Waals surface area contributed by atoms with Crippen LogP contribution in [0.4, 0.5) is 0 Å². The number of hydrogen-bond donors (Lipinski definition) is 1. The maximum Gasteiger partial charge on any atom is 0.253 e. The average molecular weight is 376 g/mol. The van der Waals surface area contributed by atoms with Crippen LogP contribution in [0.3, 0.4) is 0 Å². The van der Waals surface area contributed by atoms with Crippen molar-refractivity contribution >= 4 is 11.8 Å². The van der Waals surface area contributed by atoms with E-state index in [4.69, 9.17) is 14.2 Å². The zero-order valence-corrected chi connectivity index (χ0v) is 16.0. The molecule has 148 valence electrons. The van der Waals surface area contributed by atoms with Gasteiger partial charge in [-0.05, 0) is 43.9 Å². The number of hydrogen-bond acceptors (Lipinski definition) is 5. The first kappa shape index (κ1) is 19.5. The van der Waals surface area contributed by atoms with Gasteiger partial charge in [0.15, 0.2) is 11.5 Å². The zero-order valence-electron chi connectivity index (χ0n) is 16.0. The van der Waals surface area contributed by atoms with Gasteiger partial charge in [0.05, 0.1) is 20.3 Å². The van der Waals surface area contributed by atoms with E-state index in [1.807, 2.05) is 0 Å². The summed E-state index contributed by atoms with van der Waals surface area (Å²) in [6.07, 6.45) is 3.59. The minimum atomic E-state index is -0.0471. The molecule has 2 aliphatic rings. The molecule has 7 heteroatoms. The van der Waals surface area contributed by atoms with Gasteiger partial charge in [-0.15, -0.1) is 0 Å². The van der Waals surface area contributed by atoms with Crippen molar-refractivity contribution in [3.05, 3.63) is 23.8 Å². The van der Waals surface area contributed by atoms with Gasteiger partial charge < -0.3 is 24.4 Å². The van der Waals surface area contributed by atoms with Crippen LogP contribution in [0.1, 0.15) is 36.0 Å². The van der Waals surface area contributed by atoms with Crippen LogP contribution in [0.15, 0.2) is 18.2 Å². The van der Waals surface area contributed by atoms with Crippen molar-refractivity contribution < 1.29 is 23.8 Å². The van der Waals surface area contributed by atoms with E-state index in [-0.39, 0.29) is 23.8 Å². The highest BCUT2D eigenvalue weighted by Gasteiger charge is 2.28. The molecule has 0 aromatic heterocycles. The van der Waals surface area contributed by atoms with Crippen LogP contribution in [0, 0.1) is 5.92 Å². The predicted octanol–water partition coefficient (Wildman–Crippen LogP) is 1.85. The topological polar surface area (TPSA) is 77.1 Å². The third-order valence-electron chi connectivity index (χ3n) is 5.31. The van der Waals surface area contributed by atoms with Crippen LogP contribution in [0.5, 0.6) is 11.5 Å². The van der Waals surface area contributed by atoms with Gasteiger partial charge in [-0.1, -0.05) is 0 Å². The normalized spacial score (nSPS) is 20.4. The number of carbonyl (C=O) groups excluding carboxylic acids is 2. The van der Waals surface area contributed by atoms with Gasteiger partial charge in [0, 0.05) is 37.7 Å². The molecule has 1 aromatic carbocycles. The van der Waals surface area contributed by atoms with E-state index in [0.29, 0.717) is 49.5 Å². The average Bonchev–Trinajstić information content (AvgIpc) is 3.24. The number of nitrogens with one attached hydrogen (secondary N) is 1. The highest BCUT2D eigenvalue weighted by molar-refractivity contribution is 5.95. The summed E-state index contributed by atoms with van der Waals surface area (Å²) >= 11 is 0. The second-order valence-electron chi connectivity index (χ2n) is 7.02. The highest BCUT2D eigenvalue weighted by atomic mass is 16.5. The molecular weight excluding hydrogens is 348 g/mol. The molecule has 2 heterocycles. The molecule has 0 saturated carbocycles. The van der Waals surface area contributed by atoms with E-state index in [0.717, 1.165) is 19.4 Å². The predicted molar refractivity (Wildman–Crippen MR) is 100 cm³/mol. The van der Waals surface area contributed by atoms with Crippen molar-refractivity contribution in [1.29, 1.82) is 0 Å². The lowest BCUT2D eigenvalue weighted by atomic mass is 9.95. The Bertz CT molecular complexity index is 664.